The maximum absolute atomic E-state index is 12.7. The van der Waals surface area contributed by atoms with Gasteiger partial charge in [-0.15, -0.1) is 28.1 Å². The zero-order valence-corrected chi connectivity index (χ0v) is 18.8. The molecule has 1 atom stereocenters. The van der Waals surface area contributed by atoms with Crippen molar-refractivity contribution in [1.82, 2.24) is 24.7 Å². The van der Waals surface area contributed by atoms with E-state index in [1.807, 2.05) is 37.3 Å². The molecule has 0 spiro atoms. The van der Waals surface area contributed by atoms with Crippen LogP contribution in [0.25, 0.3) is 22.1 Å². The molecular weight excluding hydrogens is 428 g/mol. The monoisotopic (exact) mass is 450 g/mol. The van der Waals surface area contributed by atoms with Crippen LogP contribution >= 0.6 is 23.1 Å². The number of thioether (sulfide) groups is 1. The number of rotatable bonds is 6. The van der Waals surface area contributed by atoms with E-state index in [4.69, 9.17) is 4.98 Å². The quantitative estimate of drug-likeness (QED) is 0.341. The van der Waals surface area contributed by atoms with Crippen molar-refractivity contribution in [2.24, 2.45) is 0 Å². The van der Waals surface area contributed by atoms with Crippen molar-refractivity contribution < 1.29 is 4.79 Å². The zero-order valence-electron chi connectivity index (χ0n) is 17.2. The van der Waals surface area contributed by atoms with Gasteiger partial charge in [0.2, 0.25) is 11.1 Å². The SMILES string of the molecule is C=CCn1c2ccccc2c2nnc(SC(C)C(=O)Nc3nc4c(s3)CCCC4)nc21. The van der Waals surface area contributed by atoms with E-state index in [0.29, 0.717) is 16.8 Å². The Balaban J connectivity index is 1.37. The largest absolute Gasteiger partial charge is 0.320 e. The summed E-state index contributed by atoms with van der Waals surface area (Å²) in [5.41, 5.74) is 3.69. The molecule has 0 aliphatic heterocycles. The maximum atomic E-state index is 12.7. The number of anilines is 1. The Morgan fingerprint density at radius 1 is 1.29 bits per heavy atom. The number of nitrogens with zero attached hydrogens (tertiary/aromatic N) is 5. The molecule has 1 amide bonds. The summed E-state index contributed by atoms with van der Waals surface area (Å²) in [6.45, 7) is 6.33. The fraction of sp³-hybridized carbons (Fsp3) is 0.318. The molecule has 0 fully saturated rings. The lowest BCUT2D eigenvalue weighted by Gasteiger charge is -2.09. The number of nitrogens with one attached hydrogen (secondary N) is 1. The number of fused-ring (bicyclic) bond motifs is 4. The standard InChI is InChI=1S/C22H22N6OS2/c1-3-12-28-16-10-6-4-8-14(16)18-19(28)24-22(27-26-18)30-13(2)20(29)25-21-23-15-9-5-7-11-17(15)31-21/h3-4,6,8,10,13H,1,5,7,9,11-12H2,2H3,(H,23,25,29). The second-order valence-electron chi connectivity index (χ2n) is 7.53. The summed E-state index contributed by atoms with van der Waals surface area (Å²) in [6, 6.07) is 8.03. The van der Waals surface area contributed by atoms with Crippen molar-refractivity contribution in [1.29, 1.82) is 0 Å². The number of carbonyl (C=O) groups is 1. The van der Waals surface area contributed by atoms with E-state index in [2.05, 4.69) is 31.6 Å². The first-order chi connectivity index (χ1) is 15.1. The van der Waals surface area contributed by atoms with E-state index >= 15 is 0 Å². The average molecular weight is 451 g/mol. The van der Waals surface area contributed by atoms with Crippen LogP contribution in [0.3, 0.4) is 0 Å². The first-order valence-electron chi connectivity index (χ1n) is 10.3. The van der Waals surface area contributed by atoms with E-state index in [1.54, 1.807) is 11.3 Å². The molecule has 1 N–H and O–H groups in total. The molecule has 0 saturated heterocycles. The van der Waals surface area contributed by atoms with Crippen molar-refractivity contribution in [3.8, 4) is 0 Å². The van der Waals surface area contributed by atoms with Gasteiger partial charge < -0.3 is 9.88 Å². The minimum Gasteiger partial charge on any atom is -0.320 e. The number of benzene rings is 1. The molecule has 1 aromatic carbocycles. The highest BCUT2D eigenvalue weighted by Crippen LogP contribution is 2.31. The van der Waals surface area contributed by atoms with Crippen LogP contribution in [0.2, 0.25) is 0 Å². The van der Waals surface area contributed by atoms with Crippen LogP contribution in [0.15, 0.2) is 42.1 Å². The van der Waals surface area contributed by atoms with Gasteiger partial charge in [-0.2, -0.15) is 0 Å². The molecule has 4 aromatic rings. The lowest BCUT2D eigenvalue weighted by atomic mass is 10.0. The Hall–Kier alpha value is -2.78. The van der Waals surface area contributed by atoms with Crippen LogP contribution in [-0.4, -0.2) is 35.9 Å². The lowest BCUT2D eigenvalue weighted by Crippen LogP contribution is -2.22. The molecule has 1 aliphatic rings. The number of allylic oxidation sites excluding steroid dienone is 1. The van der Waals surface area contributed by atoms with Crippen LogP contribution < -0.4 is 5.32 Å². The highest BCUT2D eigenvalue weighted by atomic mass is 32.2. The maximum Gasteiger partial charge on any atom is 0.239 e. The minimum atomic E-state index is -0.377. The Kier molecular flexibility index (Phi) is 5.45. The molecule has 3 heterocycles. The number of hydrogen-bond donors (Lipinski definition) is 1. The topological polar surface area (TPSA) is 85.6 Å². The third-order valence-electron chi connectivity index (χ3n) is 5.39. The van der Waals surface area contributed by atoms with Crippen LogP contribution in [0.4, 0.5) is 5.13 Å². The normalized spacial score (nSPS) is 14.5. The summed E-state index contributed by atoms with van der Waals surface area (Å²) in [6.07, 6.45) is 6.27. The smallest absolute Gasteiger partial charge is 0.239 e. The molecular formula is C22H22N6OS2. The second kappa shape index (κ2) is 8.39. The van der Waals surface area contributed by atoms with Gasteiger partial charge in [0.05, 0.1) is 16.5 Å². The fourth-order valence-electron chi connectivity index (χ4n) is 3.88. The van der Waals surface area contributed by atoms with Crippen LogP contribution in [0, 0.1) is 0 Å². The zero-order chi connectivity index (χ0) is 21.4. The van der Waals surface area contributed by atoms with E-state index in [0.717, 1.165) is 40.6 Å². The average Bonchev–Trinajstić information content (AvgIpc) is 3.32. The lowest BCUT2D eigenvalue weighted by molar-refractivity contribution is -0.115. The number of carbonyl (C=O) groups excluding carboxylic acids is 1. The van der Waals surface area contributed by atoms with Gasteiger partial charge in [-0.1, -0.05) is 36.0 Å². The van der Waals surface area contributed by atoms with Crippen LogP contribution in [-0.2, 0) is 24.2 Å². The van der Waals surface area contributed by atoms with E-state index in [9.17, 15) is 4.79 Å². The molecule has 0 bridgehead atoms. The molecule has 3 aromatic heterocycles. The number of thiazole rings is 1. The number of para-hydroxylation sites is 1. The van der Waals surface area contributed by atoms with Crippen molar-refractivity contribution in [3.05, 3.63) is 47.5 Å². The number of aromatic nitrogens is 5. The third kappa shape index (κ3) is 3.83. The van der Waals surface area contributed by atoms with Gasteiger partial charge in [0.25, 0.3) is 0 Å². The van der Waals surface area contributed by atoms with Crippen molar-refractivity contribution in [3.63, 3.8) is 0 Å². The number of amides is 1. The van der Waals surface area contributed by atoms with Gasteiger partial charge >= 0.3 is 0 Å². The summed E-state index contributed by atoms with van der Waals surface area (Å²) in [5.74, 6) is -0.105. The van der Waals surface area contributed by atoms with Crippen LogP contribution in [0.1, 0.15) is 30.3 Å². The van der Waals surface area contributed by atoms with E-state index < -0.39 is 0 Å². The van der Waals surface area contributed by atoms with E-state index in [-0.39, 0.29) is 11.2 Å². The Morgan fingerprint density at radius 2 is 2.13 bits per heavy atom. The predicted octanol–water partition coefficient (Wildman–Crippen LogP) is 4.62. The molecule has 1 unspecified atom stereocenters. The van der Waals surface area contributed by atoms with Gasteiger partial charge in [0.1, 0.15) is 5.52 Å². The van der Waals surface area contributed by atoms with Crippen molar-refractivity contribution in [2.75, 3.05) is 5.32 Å². The molecule has 0 radical (unpaired) electrons. The highest BCUT2D eigenvalue weighted by molar-refractivity contribution is 8.00. The first-order valence-corrected chi connectivity index (χ1v) is 12.0. The second-order valence-corrected chi connectivity index (χ2v) is 9.92. The van der Waals surface area contributed by atoms with Gasteiger partial charge in [-0.25, -0.2) is 9.97 Å². The Labute approximate surface area is 188 Å². The Morgan fingerprint density at radius 3 is 2.97 bits per heavy atom. The molecule has 1 aliphatic carbocycles. The summed E-state index contributed by atoms with van der Waals surface area (Å²) in [7, 11) is 0. The fourth-order valence-corrected chi connectivity index (χ4v) is 5.64. The highest BCUT2D eigenvalue weighted by Gasteiger charge is 2.21. The summed E-state index contributed by atoms with van der Waals surface area (Å²) in [4.78, 5) is 23.4. The van der Waals surface area contributed by atoms with E-state index in [1.165, 1.54) is 29.5 Å². The minimum absolute atomic E-state index is 0.105. The first kappa shape index (κ1) is 20.1. The summed E-state index contributed by atoms with van der Waals surface area (Å²) >= 11 is 2.89. The van der Waals surface area contributed by atoms with Gasteiger partial charge in [0, 0.05) is 16.8 Å². The number of aryl methyl sites for hydroxylation is 2. The predicted molar refractivity (Wildman–Crippen MR) is 126 cm³/mol. The van der Waals surface area contributed by atoms with Crippen molar-refractivity contribution >= 4 is 56.2 Å². The van der Waals surface area contributed by atoms with Gasteiger partial charge in [-0.3, -0.25) is 4.79 Å². The molecule has 158 valence electrons. The molecule has 31 heavy (non-hydrogen) atoms. The molecule has 7 nitrogen and oxygen atoms in total. The summed E-state index contributed by atoms with van der Waals surface area (Å²) < 4.78 is 2.07. The molecule has 5 rings (SSSR count). The Bertz CT molecular complexity index is 1270. The van der Waals surface area contributed by atoms with Gasteiger partial charge in [0.15, 0.2) is 10.8 Å². The van der Waals surface area contributed by atoms with Gasteiger partial charge in [-0.05, 0) is 38.7 Å². The molecule has 9 heteroatoms. The number of hydrogen-bond acceptors (Lipinski definition) is 7. The van der Waals surface area contributed by atoms with Crippen LogP contribution in [0.5, 0.6) is 0 Å². The molecule has 0 saturated carbocycles. The summed E-state index contributed by atoms with van der Waals surface area (Å²) in [5, 5.41) is 13.5. The third-order valence-corrected chi connectivity index (χ3v) is 7.42. The van der Waals surface area contributed by atoms with Crippen molar-refractivity contribution in [2.45, 2.75) is 49.6 Å².